The predicted molar refractivity (Wildman–Crippen MR) is 67.7 cm³/mol. The number of nitrogens with zero attached hydrogens (tertiary/aromatic N) is 2. The Hall–Kier alpha value is -1.81. The molecule has 0 saturated carbocycles. The van der Waals surface area contributed by atoms with Crippen LogP contribution in [0.25, 0.3) is 11.4 Å². The minimum Gasteiger partial charge on any atom is -0.396 e. The van der Waals surface area contributed by atoms with Crippen LogP contribution in [0.5, 0.6) is 0 Å². The number of aliphatic hydroxyl groups excluding tert-OH is 1. The van der Waals surface area contributed by atoms with Gasteiger partial charge in [-0.2, -0.15) is 0 Å². The molecule has 1 aromatic carbocycles. The molecule has 2 aromatic rings. The van der Waals surface area contributed by atoms with Crippen LogP contribution in [0.15, 0.2) is 24.3 Å². The van der Waals surface area contributed by atoms with E-state index >= 15 is 0 Å². The molecule has 0 fully saturated rings. The molecule has 4 heteroatoms. The van der Waals surface area contributed by atoms with Crippen molar-refractivity contribution in [3.63, 3.8) is 0 Å². The van der Waals surface area contributed by atoms with Gasteiger partial charge < -0.3 is 5.11 Å². The molecule has 0 atom stereocenters. The Morgan fingerprint density at radius 1 is 1.11 bits per heavy atom. The van der Waals surface area contributed by atoms with Crippen LogP contribution in [0.1, 0.15) is 17.0 Å². The van der Waals surface area contributed by atoms with Crippen molar-refractivity contribution < 1.29 is 9.50 Å². The molecule has 0 saturated heterocycles. The summed E-state index contributed by atoms with van der Waals surface area (Å²) < 4.78 is 13.7. The molecule has 1 aromatic heterocycles. The fraction of sp³-hybridized carbons (Fsp3) is 0.286. The summed E-state index contributed by atoms with van der Waals surface area (Å²) in [5.74, 6) is 0.0657. The minimum atomic E-state index is -0.328. The average Bonchev–Trinajstić information content (AvgIpc) is 2.34. The number of aliphatic hydroxyl groups is 1. The molecule has 0 amide bonds. The molecule has 0 spiro atoms. The van der Waals surface area contributed by atoms with Crippen molar-refractivity contribution >= 4 is 0 Å². The molecule has 0 bridgehead atoms. The van der Waals surface area contributed by atoms with E-state index in [1.807, 2.05) is 13.8 Å². The molecule has 1 N–H and O–H groups in total. The lowest BCUT2D eigenvalue weighted by atomic mass is 10.1. The van der Waals surface area contributed by atoms with Gasteiger partial charge in [-0.15, -0.1) is 0 Å². The molecule has 18 heavy (non-hydrogen) atoms. The van der Waals surface area contributed by atoms with Gasteiger partial charge in [0.1, 0.15) is 5.82 Å². The van der Waals surface area contributed by atoms with Gasteiger partial charge in [0.05, 0.1) is 5.56 Å². The van der Waals surface area contributed by atoms with E-state index in [0.29, 0.717) is 17.8 Å². The molecule has 0 aliphatic heterocycles. The first kappa shape index (κ1) is 12.6. The van der Waals surface area contributed by atoms with Gasteiger partial charge >= 0.3 is 0 Å². The Bertz CT molecular complexity index is 546. The zero-order chi connectivity index (χ0) is 13.1. The Balaban J connectivity index is 2.52. The van der Waals surface area contributed by atoms with Crippen molar-refractivity contribution in [2.45, 2.75) is 20.3 Å². The molecule has 94 valence electrons. The first-order valence-corrected chi connectivity index (χ1v) is 5.83. The monoisotopic (exact) mass is 246 g/mol. The van der Waals surface area contributed by atoms with Crippen molar-refractivity contribution in [3.8, 4) is 11.4 Å². The maximum absolute atomic E-state index is 13.7. The number of hydrogen-bond donors (Lipinski definition) is 1. The topological polar surface area (TPSA) is 46.0 Å². The summed E-state index contributed by atoms with van der Waals surface area (Å²) in [5.41, 5.74) is 2.90. The van der Waals surface area contributed by atoms with Crippen LogP contribution in [0, 0.1) is 19.7 Å². The highest BCUT2D eigenvalue weighted by Crippen LogP contribution is 2.21. The number of rotatable bonds is 3. The molecule has 3 nitrogen and oxygen atoms in total. The lowest BCUT2D eigenvalue weighted by molar-refractivity contribution is 0.298. The fourth-order valence-corrected chi connectivity index (χ4v) is 1.98. The second-order valence-corrected chi connectivity index (χ2v) is 4.15. The molecular formula is C14H15FN2O. The van der Waals surface area contributed by atoms with Crippen LogP contribution in [-0.2, 0) is 6.42 Å². The van der Waals surface area contributed by atoms with Crippen LogP contribution in [0.4, 0.5) is 4.39 Å². The Morgan fingerprint density at radius 2 is 1.72 bits per heavy atom. The maximum atomic E-state index is 13.7. The van der Waals surface area contributed by atoms with E-state index < -0.39 is 0 Å². The van der Waals surface area contributed by atoms with Gasteiger partial charge in [0.2, 0.25) is 0 Å². The van der Waals surface area contributed by atoms with E-state index in [1.54, 1.807) is 18.2 Å². The average molecular weight is 246 g/mol. The molecule has 0 radical (unpaired) electrons. The number of halogens is 1. The van der Waals surface area contributed by atoms with Gasteiger partial charge in [0.15, 0.2) is 5.82 Å². The highest BCUT2D eigenvalue weighted by atomic mass is 19.1. The summed E-state index contributed by atoms with van der Waals surface area (Å²) >= 11 is 0. The minimum absolute atomic E-state index is 0.0596. The second-order valence-electron chi connectivity index (χ2n) is 4.15. The van der Waals surface area contributed by atoms with Gasteiger partial charge in [-0.1, -0.05) is 12.1 Å². The second kappa shape index (κ2) is 5.23. The van der Waals surface area contributed by atoms with Crippen molar-refractivity contribution in [1.29, 1.82) is 0 Å². The molecule has 0 aliphatic rings. The van der Waals surface area contributed by atoms with Crippen molar-refractivity contribution in [1.82, 2.24) is 9.97 Å². The van der Waals surface area contributed by atoms with E-state index in [0.717, 1.165) is 17.0 Å². The number of aryl methyl sites for hydroxylation is 2. The fourth-order valence-electron chi connectivity index (χ4n) is 1.98. The van der Waals surface area contributed by atoms with E-state index in [9.17, 15) is 4.39 Å². The Morgan fingerprint density at radius 3 is 2.28 bits per heavy atom. The normalized spacial score (nSPS) is 10.7. The van der Waals surface area contributed by atoms with Crippen LogP contribution in [-0.4, -0.2) is 21.7 Å². The summed E-state index contributed by atoms with van der Waals surface area (Å²) in [6.45, 7) is 3.76. The quantitative estimate of drug-likeness (QED) is 0.904. The smallest absolute Gasteiger partial charge is 0.162 e. The maximum Gasteiger partial charge on any atom is 0.162 e. The van der Waals surface area contributed by atoms with E-state index in [2.05, 4.69) is 9.97 Å². The zero-order valence-electron chi connectivity index (χ0n) is 10.4. The predicted octanol–water partition coefficient (Wildman–Crippen LogP) is 2.43. The van der Waals surface area contributed by atoms with Crippen LogP contribution >= 0.6 is 0 Å². The first-order valence-electron chi connectivity index (χ1n) is 5.83. The highest BCUT2D eigenvalue weighted by Gasteiger charge is 2.12. The Kier molecular flexibility index (Phi) is 3.67. The van der Waals surface area contributed by atoms with Crippen LogP contribution < -0.4 is 0 Å². The van der Waals surface area contributed by atoms with Crippen molar-refractivity contribution in [2.75, 3.05) is 6.61 Å². The molecule has 2 rings (SSSR count). The summed E-state index contributed by atoms with van der Waals surface area (Å²) in [4.78, 5) is 8.64. The van der Waals surface area contributed by atoms with Gasteiger partial charge in [0.25, 0.3) is 0 Å². The van der Waals surface area contributed by atoms with E-state index in [1.165, 1.54) is 6.07 Å². The molecule has 0 unspecified atom stereocenters. The molecular weight excluding hydrogens is 231 g/mol. The number of hydrogen-bond acceptors (Lipinski definition) is 3. The molecule has 1 heterocycles. The summed E-state index contributed by atoms with van der Waals surface area (Å²) in [5, 5.41) is 8.98. The third-order valence-corrected chi connectivity index (χ3v) is 2.90. The lowest BCUT2D eigenvalue weighted by Gasteiger charge is -2.10. The summed E-state index contributed by atoms with van der Waals surface area (Å²) in [6, 6.07) is 6.45. The Labute approximate surface area is 105 Å². The highest BCUT2D eigenvalue weighted by molar-refractivity contribution is 5.56. The lowest BCUT2D eigenvalue weighted by Crippen LogP contribution is -2.05. The zero-order valence-corrected chi connectivity index (χ0v) is 10.4. The standard InChI is InChI=1S/C14H15FN2O/c1-9-11(7-8-18)10(2)17-14(16-9)12-5-3-4-6-13(12)15/h3-6,18H,7-8H2,1-2H3. The largest absolute Gasteiger partial charge is 0.396 e. The third-order valence-electron chi connectivity index (χ3n) is 2.90. The van der Waals surface area contributed by atoms with E-state index in [-0.39, 0.29) is 12.4 Å². The van der Waals surface area contributed by atoms with Gasteiger partial charge in [-0.3, -0.25) is 0 Å². The van der Waals surface area contributed by atoms with Gasteiger partial charge in [0, 0.05) is 18.0 Å². The van der Waals surface area contributed by atoms with Crippen LogP contribution in [0.2, 0.25) is 0 Å². The first-order chi connectivity index (χ1) is 8.63. The number of benzene rings is 1. The third kappa shape index (κ3) is 2.38. The van der Waals surface area contributed by atoms with Gasteiger partial charge in [-0.25, -0.2) is 14.4 Å². The van der Waals surface area contributed by atoms with Crippen molar-refractivity contribution in [3.05, 3.63) is 47.0 Å². The summed E-state index contributed by atoms with van der Waals surface area (Å²) in [6.07, 6.45) is 0.523. The number of aromatic nitrogens is 2. The van der Waals surface area contributed by atoms with Crippen LogP contribution in [0.3, 0.4) is 0 Å². The van der Waals surface area contributed by atoms with E-state index in [4.69, 9.17) is 5.11 Å². The van der Waals surface area contributed by atoms with Gasteiger partial charge in [-0.05, 0) is 38.0 Å². The summed E-state index contributed by atoms with van der Waals surface area (Å²) in [7, 11) is 0. The van der Waals surface area contributed by atoms with Crippen molar-refractivity contribution in [2.24, 2.45) is 0 Å². The molecule has 0 aliphatic carbocycles. The SMILES string of the molecule is Cc1nc(-c2ccccc2F)nc(C)c1CCO.